The Morgan fingerprint density at radius 1 is 1.08 bits per heavy atom. The van der Waals surface area contributed by atoms with E-state index in [4.69, 9.17) is 18.9 Å². The zero-order valence-electron chi connectivity index (χ0n) is 21.4. The molecule has 37 heavy (non-hydrogen) atoms. The molecule has 1 atom stereocenters. The van der Waals surface area contributed by atoms with E-state index in [1.165, 1.54) is 23.0 Å². The Morgan fingerprint density at radius 3 is 2.41 bits per heavy atom. The lowest BCUT2D eigenvalue weighted by Crippen LogP contribution is -2.40. The lowest BCUT2D eigenvalue weighted by atomic mass is 9.95. The van der Waals surface area contributed by atoms with Gasteiger partial charge in [0.05, 0.1) is 49.8 Å². The van der Waals surface area contributed by atoms with Crippen LogP contribution in [-0.4, -0.2) is 38.5 Å². The number of allylic oxidation sites excluding steroid dienone is 1. The monoisotopic (exact) mass is 586 g/mol. The Hall–Kier alpha value is -3.37. The third kappa shape index (κ3) is 4.95. The van der Waals surface area contributed by atoms with Crippen LogP contribution in [0.3, 0.4) is 0 Å². The number of aryl methyl sites for hydroxylation is 1. The van der Waals surface area contributed by atoms with Gasteiger partial charge in [-0.15, -0.1) is 0 Å². The van der Waals surface area contributed by atoms with Crippen molar-refractivity contribution in [3.8, 4) is 17.2 Å². The van der Waals surface area contributed by atoms with E-state index in [-0.39, 0.29) is 17.7 Å². The molecule has 194 valence electrons. The molecule has 0 spiro atoms. The molecule has 3 aromatic rings. The molecule has 0 aliphatic carbocycles. The van der Waals surface area contributed by atoms with Gasteiger partial charge in [0.15, 0.2) is 16.3 Å². The molecular weight excluding hydrogens is 560 g/mol. The predicted molar refractivity (Wildman–Crippen MR) is 145 cm³/mol. The molecule has 0 unspecified atom stereocenters. The third-order valence-corrected chi connectivity index (χ3v) is 7.71. The van der Waals surface area contributed by atoms with E-state index < -0.39 is 12.0 Å². The quantitative estimate of drug-likeness (QED) is 0.390. The van der Waals surface area contributed by atoms with Gasteiger partial charge in [-0.05, 0) is 61.7 Å². The molecule has 2 heterocycles. The van der Waals surface area contributed by atoms with Crippen LogP contribution in [0.5, 0.6) is 17.2 Å². The second-order valence-electron chi connectivity index (χ2n) is 8.26. The Labute approximate surface area is 226 Å². The summed E-state index contributed by atoms with van der Waals surface area (Å²) in [5.41, 5.74) is 2.94. The average molecular weight is 587 g/mol. The zero-order chi connectivity index (χ0) is 26.9. The molecule has 4 rings (SSSR count). The lowest BCUT2D eigenvalue weighted by molar-refractivity contribution is -0.139. The van der Waals surface area contributed by atoms with Gasteiger partial charge < -0.3 is 18.9 Å². The van der Waals surface area contributed by atoms with Crippen LogP contribution in [0.4, 0.5) is 0 Å². The van der Waals surface area contributed by atoms with Crippen LogP contribution in [0.25, 0.3) is 6.08 Å². The number of fused-ring (bicyclic) bond motifs is 1. The minimum Gasteiger partial charge on any atom is -0.496 e. The van der Waals surface area contributed by atoms with Crippen LogP contribution >= 0.6 is 27.3 Å². The summed E-state index contributed by atoms with van der Waals surface area (Å²) in [6.45, 7) is 5.63. The first kappa shape index (κ1) is 26.7. The Morgan fingerprint density at radius 2 is 1.76 bits per heavy atom. The Bertz CT molecular complexity index is 1590. The van der Waals surface area contributed by atoms with Crippen LogP contribution < -0.4 is 29.1 Å². The molecule has 0 radical (unpaired) electrons. The van der Waals surface area contributed by atoms with E-state index in [1.807, 2.05) is 25.1 Å². The molecule has 1 aliphatic heterocycles. The second-order valence-corrected chi connectivity index (χ2v) is 10.1. The highest BCUT2D eigenvalue weighted by Crippen LogP contribution is 2.40. The number of nitrogens with zero attached hydrogens (tertiary/aromatic N) is 2. The van der Waals surface area contributed by atoms with Gasteiger partial charge in [0.1, 0.15) is 5.75 Å². The topological polar surface area (TPSA) is 88.4 Å². The number of ether oxygens (including phenoxy) is 4. The van der Waals surface area contributed by atoms with E-state index in [9.17, 15) is 9.59 Å². The fourth-order valence-electron chi connectivity index (χ4n) is 4.24. The molecule has 1 aliphatic rings. The maximum Gasteiger partial charge on any atom is 0.338 e. The SMILES string of the molecule is CCOC(=O)C1=C(C)N=c2s/c(=C\c3ccc(C)c(OC)c3)c(=O)n2[C@H]1c1cc(OC)c(OC)cc1Br. The van der Waals surface area contributed by atoms with Crippen molar-refractivity contribution in [2.75, 3.05) is 27.9 Å². The lowest BCUT2D eigenvalue weighted by Gasteiger charge is -2.26. The number of esters is 1. The van der Waals surface area contributed by atoms with Crippen molar-refractivity contribution in [2.24, 2.45) is 4.99 Å². The predicted octanol–water partition coefficient (Wildman–Crippen LogP) is 3.90. The second kappa shape index (κ2) is 10.9. The largest absolute Gasteiger partial charge is 0.496 e. The van der Waals surface area contributed by atoms with Crippen LogP contribution in [-0.2, 0) is 9.53 Å². The van der Waals surface area contributed by atoms with Gasteiger partial charge in [-0.1, -0.05) is 39.4 Å². The number of hydrogen-bond donors (Lipinski definition) is 0. The van der Waals surface area contributed by atoms with Crippen LogP contribution in [0, 0.1) is 6.92 Å². The highest BCUT2D eigenvalue weighted by molar-refractivity contribution is 9.10. The molecule has 8 nitrogen and oxygen atoms in total. The molecule has 0 saturated heterocycles. The Kier molecular flexibility index (Phi) is 7.89. The highest BCUT2D eigenvalue weighted by Gasteiger charge is 2.35. The number of carbonyl (C=O) groups is 1. The first-order chi connectivity index (χ1) is 17.7. The normalized spacial score (nSPS) is 15.2. The molecule has 1 aromatic heterocycles. The van der Waals surface area contributed by atoms with Crippen LogP contribution in [0.1, 0.15) is 36.6 Å². The van der Waals surface area contributed by atoms with Crippen molar-refractivity contribution in [3.63, 3.8) is 0 Å². The minimum absolute atomic E-state index is 0.190. The minimum atomic E-state index is -0.792. The fraction of sp³-hybridized carbons (Fsp3) is 0.296. The molecule has 0 saturated carbocycles. The number of halogens is 1. The maximum atomic E-state index is 13.8. The van der Waals surface area contributed by atoms with Crippen LogP contribution in [0.2, 0.25) is 0 Å². The number of methoxy groups -OCH3 is 3. The number of rotatable bonds is 7. The van der Waals surface area contributed by atoms with Gasteiger partial charge in [-0.25, -0.2) is 9.79 Å². The van der Waals surface area contributed by atoms with Crippen molar-refractivity contribution >= 4 is 39.3 Å². The molecule has 10 heteroatoms. The summed E-state index contributed by atoms with van der Waals surface area (Å²) in [5.74, 6) is 1.17. The summed E-state index contributed by atoms with van der Waals surface area (Å²) in [6.07, 6.45) is 1.80. The molecule has 0 fully saturated rings. The number of carbonyl (C=O) groups excluding carboxylic acids is 1. The summed E-state index contributed by atoms with van der Waals surface area (Å²) in [7, 11) is 4.69. The van der Waals surface area contributed by atoms with Crippen molar-refractivity contribution in [1.82, 2.24) is 4.57 Å². The summed E-state index contributed by atoms with van der Waals surface area (Å²) in [5, 5.41) is 0. The number of thiazole rings is 1. The van der Waals surface area contributed by atoms with E-state index in [2.05, 4.69) is 20.9 Å². The smallest absolute Gasteiger partial charge is 0.338 e. The zero-order valence-corrected chi connectivity index (χ0v) is 23.8. The van der Waals surface area contributed by atoms with Gasteiger partial charge in [-0.2, -0.15) is 0 Å². The van der Waals surface area contributed by atoms with Crippen molar-refractivity contribution in [1.29, 1.82) is 0 Å². The fourth-order valence-corrected chi connectivity index (χ4v) is 5.83. The summed E-state index contributed by atoms with van der Waals surface area (Å²) in [4.78, 5) is 32.1. The molecule has 0 bridgehead atoms. The van der Waals surface area contributed by atoms with Crippen molar-refractivity contribution < 1.29 is 23.7 Å². The first-order valence-electron chi connectivity index (χ1n) is 11.5. The summed E-state index contributed by atoms with van der Waals surface area (Å²) < 4.78 is 24.4. The first-order valence-corrected chi connectivity index (χ1v) is 13.1. The van der Waals surface area contributed by atoms with E-state index >= 15 is 0 Å². The van der Waals surface area contributed by atoms with Crippen LogP contribution in [0.15, 0.2) is 55.9 Å². The molecule has 2 aromatic carbocycles. The standard InChI is InChI=1S/C27H27BrN2O6S/c1-7-36-26(32)23-15(3)29-27-30(24(23)17-12-20(34-5)21(35-6)13-18(17)28)25(31)22(37-27)11-16-9-8-14(2)19(10-16)33-4/h8-13,24H,7H2,1-6H3/b22-11-/t24-/m0/s1. The number of benzene rings is 2. The van der Waals surface area contributed by atoms with E-state index in [0.717, 1.165) is 16.9 Å². The summed E-state index contributed by atoms with van der Waals surface area (Å²) >= 11 is 4.86. The van der Waals surface area contributed by atoms with Crippen molar-refractivity contribution in [2.45, 2.75) is 26.8 Å². The molecule has 0 N–H and O–H groups in total. The summed E-state index contributed by atoms with van der Waals surface area (Å²) in [6, 6.07) is 8.46. The van der Waals surface area contributed by atoms with E-state index in [0.29, 0.717) is 36.6 Å². The van der Waals surface area contributed by atoms with E-state index in [1.54, 1.807) is 46.3 Å². The maximum absolute atomic E-state index is 13.8. The van der Waals surface area contributed by atoms with Crippen molar-refractivity contribution in [3.05, 3.63) is 82.5 Å². The van der Waals surface area contributed by atoms with Gasteiger partial charge in [0.2, 0.25) is 0 Å². The number of aromatic nitrogens is 1. The average Bonchev–Trinajstić information content (AvgIpc) is 3.18. The third-order valence-electron chi connectivity index (χ3n) is 6.04. The van der Waals surface area contributed by atoms with Gasteiger partial charge in [0.25, 0.3) is 5.56 Å². The molecule has 0 amide bonds. The van der Waals surface area contributed by atoms with Gasteiger partial charge in [0, 0.05) is 4.47 Å². The highest BCUT2D eigenvalue weighted by atomic mass is 79.9. The number of hydrogen-bond acceptors (Lipinski definition) is 8. The van der Waals surface area contributed by atoms with Gasteiger partial charge >= 0.3 is 5.97 Å². The van der Waals surface area contributed by atoms with Gasteiger partial charge in [-0.3, -0.25) is 9.36 Å². The molecular formula is C27H27BrN2O6S. The Balaban J connectivity index is 2.00.